The maximum atomic E-state index is 12.5. The van der Waals surface area contributed by atoms with Crippen molar-refractivity contribution in [3.05, 3.63) is 34.4 Å². The first-order valence-corrected chi connectivity index (χ1v) is 13.9. The van der Waals surface area contributed by atoms with Crippen LogP contribution in [0.1, 0.15) is 67.6 Å². The van der Waals surface area contributed by atoms with E-state index in [4.69, 9.17) is 19.8 Å². The van der Waals surface area contributed by atoms with Crippen LogP contribution in [-0.4, -0.2) is 47.1 Å². The van der Waals surface area contributed by atoms with E-state index in [1.807, 2.05) is 13.0 Å². The molecule has 2 bridgehead atoms. The van der Waals surface area contributed by atoms with Crippen molar-refractivity contribution < 1.29 is 18.8 Å². The van der Waals surface area contributed by atoms with Gasteiger partial charge < -0.3 is 19.8 Å². The fourth-order valence-electron chi connectivity index (χ4n) is 6.66. The molecule has 188 valence electrons. The van der Waals surface area contributed by atoms with Crippen LogP contribution in [0.2, 0.25) is 0 Å². The lowest BCUT2D eigenvalue weighted by Crippen LogP contribution is -2.65. The van der Waals surface area contributed by atoms with Gasteiger partial charge in [-0.15, -0.1) is 10.2 Å². The fraction of sp³-hybridized carbons (Fsp3) is 0.640. The van der Waals surface area contributed by atoms with Crippen LogP contribution in [0.25, 0.3) is 0 Å². The predicted molar refractivity (Wildman–Crippen MR) is 140 cm³/mol. The molecule has 3 aliphatic carbocycles. The molecule has 2 aromatic rings. The van der Waals surface area contributed by atoms with Gasteiger partial charge in [-0.25, -0.2) is 0 Å². The van der Waals surface area contributed by atoms with Gasteiger partial charge in [-0.05, 0) is 74.0 Å². The molecular weight excluding hydrogens is 481 g/mol. The van der Waals surface area contributed by atoms with Crippen LogP contribution < -0.4 is 5.73 Å². The topological polar surface area (TPSA) is 96.6 Å². The Labute approximate surface area is 216 Å². The van der Waals surface area contributed by atoms with E-state index in [2.05, 4.69) is 37.0 Å². The Hall–Kier alpha value is -1.46. The first-order valence-electron chi connectivity index (χ1n) is 12.2. The number of thioether (sulfide) groups is 1. The average molecular weight is 516 g/mol. The van der Waals surface area contributed by atoms with E-state index in [9.17, 15) is 4.79 Å². The van der Waals surface area contributed by atoms with E-state index in [0.717, 1.165) is 33.0 Å². The minimum absolute atomic E-state index is 0.0476. The van der Waals surface area contributed by atoms with Gasteiger partial charge >= 0.3 is 7.12 Å². The SMILES string of the molecule is COCc1ccc(C[C@H](Sc2nnc(N)s2)B2OC3CC4CC(C4(C)C)[C@]3(C)O2)c(C)c1C(C)=O. The number of carbonyl (C=O) groups excluding carboxylic acids is 1. The number of hydrogen-bond donors (Lipinski definition) is 1. The Morgan fingerprint density at radius 2 is 2.06 bits per heavy atom. The third-order valence-electron chi connectivity index (χ3n) is 8.68. The number of Topliss-reactive ketones (excluding diaryl/α,β-unsaturated/α-hetero) is 1. The molecule has 0 amide bonds. The molecule has 3 saturated carbocycles. The zero-order valence-corrected chi connectivity index (χ0v) is 22.9. The summed E-state index contributed by atoms with van der Waals surface area (Å²) in [6.45, 7) is 11.0. The standard InChI is InChI=1S/C25H34BN3O4S2/c1-13-15(7-8-16(12-31-6)21(13)14(2)30)9-20(34-23-29-28-22(27)35-23)26-32-19-11-17-10-18(24(17,3)4)25(19,5)33-26/h7-8,17-20H,9-12H2,1-6H3,(H2,27,28)/t17?,18?,19?,20-,25-/m0/s1. The first-order chi connectivity index (χ1) is 16.5. The summed E-state index contributed by atoms with van der Waals surface area (Å²) < 4.78 is 19.6. The smallest absolute Gasteiger partial charge is 0.405 e. The molecule has 35 heavy (non-hydrogen) atoms. The highest BCUT2D eigenvalue weighted by molar-refractivity contribution is 8.02. The van der Waals surface area contributed by atoms with Gasteiger partial charge in [-0.3, -0.25) is 4.79 Å². The number of ketones is 1. The summed E-state index contributed by atoms with van der Waals surface area (Å²) in [5, 5.41) is 8.64. The molecule has 4 fully saturated rings. The van der Waals surface area contributed by atoms with Gasteiger partial charge in [-0.1, -0.05) is 49.1 Å². The number of hydrogen-bond acceptors (Lipinski definition) is 9. The van der Waals surface area contributed by atoms with Gasteiger partial charge in [0.05, 0.1) is 23.5 Å². The Morgan fingerprint density at radius 1 is 1.31 bits per heavy atom. The zero-order chi connectivity index (χ0) is 25.1. The predicted octanol–water partition coefficient (Wildman–Crippen LogP) is 4.75. The molecule has 1 aliphatic heterocycles. The van der Waals surface area contributed by atoms with Crippen molar-refractivity contribution in [1.82, 2.24) is 10.2 Å². The Balaban J connectivity index is 1.45. The monoisotopic (exact) mass is 515 g/mol. The van der Waals surface area contributed by atoms with E-state index >= 15 is 0 Å². The van der Waals surface area contributed by atoms with Crippen LogP contribution in [0.3, 0.4) is 0 Å². The van der Waals surface area contributed by atoms with Crippen molar-refractivity contribution in [2.24, 2.45) is 17.3 Å². The molecule has 0 radical (unpaired) electrons. The number of nitrogen functional groups attached to an aromatic ring is 1. The second-order valence-corrected chi connectivity index (χ2v) is 13.5. The van der Waals surface area contributed by atoms with Crippen LogP contribution in [-0.2, 0) is 27.1 Å². The van der Waals surface area contributed by atoms with Gasteiger partial charge in [-0.2, -0.15) is 0 Å². The van der Waals surface area contributed by atoms with E-state index in [0.29, 0.717) is 30.0 Å². The third kappa shape index (κ3) is 4.25. The summed E-state index contributed by atoms with van der Waals surface area (Å²) in [5.74, 6) is 1.23. The van der Waals surface area contributed by atoms with Gasteiger partial charge in [0.25, 0.3) is 0 Å². The summed E-state index contributed by atoms with van der Waals surface area (Å²) in [4.78, 5) is 12.5. The van der Waals surface area contributed by atoms with Gasteiger partial charge in [0.1, 0.15) is 0 Å². The number of nitrogens with zero attached hydrogens (tertiary/aromatic N) is 2. The van der Waals surface area contributed by atoms with E-state index in [-0.39, 0.29) is 35.2 Å². The Morgan fingerprint density at radius 3 is 2.69 bits per heavy atom. The second kappa shape index (κ2) is 9.13. The number of ether oxygens (including phenoxy) is 1. The Kier molecular flexibility index (Phi) is 6.58. The number of benzene rings is 1. The van der Waals surface area contributed by atoms with Gasteiger partial charge in [0.15, 0.2) is 10.1 Å². The number of nitrogens with two attached hydrogens (primary N) is 1. The molecule has 2 heterocycles. The van der Waals surface area contributed by atoms with Crippen molar-refractivity contribution in [1.29, 1.82) is 0 Å². The fourth-order valence-corrected chi connectivity index (χ4v) is 8.67. The van der Waals surface area contributed by atoms with Crippen LogP contribution >= 0.6 is 23.1 Å². The molecular formula is C25H34BN3O4S2. The lowest BCUT2D eigenvalue weighted by atomic mass is 9.43. The third-order valence-corrected chi connectivity index (χ3v) is 10.7. The lowest BCUT2D eigenvalue weighted by Gasteiger charge is -2.64. The van der Waals surface area contributed by atoms with Crippen molar-refractivity contribution in [3.8, 4) is 0 Å². The largest absolute Gasteiger partial charge is 0.472 e. The summed E-state index contributed by atoms with van der Waals surface area (Å²) in [5.41, 5.74) is 9.60. The molecule has 5 atom stereocenters. The van der Waals surface area contributed by atoms with Crippen molar-refractivity contribution in [2.75, 3.05) is 12.8 Å². The van der Waals surface area contributed by atoms with Crippen LogP contribution in [0.4, 0.5) is 5.13 Å². The number of rotatable bonds is 8. The van der Waals surface area contributed by atoms with Crippen molar-refractivity contribution >= 4 is 41.1 Å². The zero-order valence-electron chi connectivity index (χ0n) is 21.3. The quantitative estimate of drug-likeness (QED) is 0.306. The first kappa shape index (κ1) is 25.2. The molecule has 1 aromatic carbocycles. The van der Waals surface area contributed by atoms with Crippen molar-refractivity contribution in [2.45, 2.75) is 81.7 Å². The minimum Gasteiger partial charge on any atom is -0.405 e. The van der Waals surface area contributed by atoms with Crippen LogP contribution in [0.15, 0.2) is 16.5 Å². The molecule has 3 unspecified atom stereocenters. The molecule has 10 heteroatoms. The summed E-state index contributed by atoms with van der Waals surface area (Å²) in [6, 6.07) is 4.10. The maximum Gasteiger partial charge on any atom is 0.472 e. The summed E-state index contributed by atoms with van der Waals surface area (Å²) in [6.07, 6.45) is 3.03. The number of methoxy groups -OCH3 is 1. The number of aromatic nitrogens is 2. The minimum atomic E-state index is -0.380. The summed E-state index contributed by atoms with van der Waals surface area (Å²) >= 11 is 2.98. The molecule has 4 aliphatic rings. The number of anilines is 1. The highest BCUT2D eigenvalue weighted by Crippen LogP contribution is 2.66. The van der Waals surface area contributed by atoms with Crippen molar-refractivity contribution in [3.63, 3.8) is 0 Å². The lowest BCUT2D eigenvalue weighted by molar-refractivity contribution is -0.199. The normalized spacial score (nSPS) is 29.5. The van der Waals surface area contributed by atoms with E-state index in [1.54, 1.807) is 25.8 Å². The van der Waals surface area contributed by atoms with Crippen LogP contribution in [0, 0.1) is 24.2 Å². The van der Waals surface area contributed by atoms with Crippen LogP contribution in [0.5, 0.6) is 0 Å². The molecule has 0 spiro atoms. The molecule has 1 aromatic heterocycles. The molecule has 2 N–H and O–H groups in total. The molecule has 1 saturated heterocycles. The van der Waals surface area contributed by atoms with Gasteiger partial charge in [0.2, 0.25) is 5.13 Å². The highest BCUT2D eigenvalue weighted by atomic mass is 32.2. The second-order valence-electron chi connectivity index (χ2n) is 11.0. The highest BCUT2D eigenvalue weighted by Gasteiger charge is 2.68. The van der Waals surface area contributed by atoms with E-state index < -0.39 is 0 Å². The number of carbonyl (C=O) groups is 1. The Bertz CT molecular complexity index is 1140. The maximum absolute atomic E-state index is 12.5. The molecule has 7 nitrogen and oxygen atoms in total. The average Bonchev–Trinajstić information content (AvgIpc) is 3.36. The van der Waals surface area contributed by atoms with E-state index in [1.165, 1.54) is 17.8 Å². The summed E-state index contributed by atoms with van der Waals surface area (Å²) in [7, 11) is 1.27. The van der Waals surface area contributed by atoms with Gasteiger partial charge in [0, 0.05) is 12.7 Å². The molecule has 6 rings (SSSR count).